The summed E-state index contributed by atoms with van der Waals surface area (Å²) in [5.41, 5.74) is -0.282. The third-order valence-electron chi connectivity index (χ3n) is 5.23. The van der Waals surface area contributed by atoms with Gasteiger partial charge in [0.1, 0.15) is 10.7 Å². The molecule has 1 amide bonds. The van der Waals surface area contributed by atoms with Crippen molar-refractivity contribution in [2.75, 3.05) is 25.9 Å². The average molecular weight is 462 g/mol. The van der Waals surface area contributed by atoms with Gasteiger partial charge < -0.3 is 4.90 Å². The Morgan fingerprint density at radius 2 is 1.97 bits per heavy atom. The van der Waals surface area contributed by atoms with Gasteiger partial charge in [-0.3, -0.25) is 4.79 Å². The maximum absolute atomic E-state index is 12.9. The van der Waals surface area contributed by atoms with Crippen LogP contribution >= 0.6 is 11.3 Å². The molecule has 2 heterocycles. The molecule has 1 fully saturated rings. The molecule has 0 N–H and O–H groups in total. The first-order chi connectivity index (χ1) is 14.0. The van der Waals surface area contributed by atoms with Gasteiger partial charge in [-0.2, -0.15) is 13.2 Å². The zero-order valence-electron chi connectivity index (χ0n) is 16.5. The summed E-state index contributed by atoms with van der Waals surface area (Å²) in [5, 5.41) is 1.88. The summed E-state index contributed by atoms with van der Waals surface area (Å²) in [6.07, 6.45) is -3.41. The first-order valence-electron chi connectivity index (χ1n) is 9.41. The molecule has 1 aliphatic heterocycles. The molecule has 1 aliphatic rings. The Balaban J connectivity index is 1.68. The van der Waals surface area contributed by atoms with Crippen LogP contribution in [0.4, 0.5) is 13.2 Å². The third kappa shape index (κ3) is 4.84. The maximum atomic E-state index is 12.9. The summed E-state index contributed by atoms with van der Waals surface area (Å²) >= 11 is 1.11. The van der Waals surface area contributed by atoms with E-state index >= 15 is 0 Å². The monoisotopic (exact) mass is 461 g/mol. The Labute approximate surface area is 177 Å². The number of carbonyl (C=O) groups excluding carboxylic acids is 1. The zero-order chi connectivity index (χ0) is 22.1. The fourth-order valence-corrected chi connectivity index (χ4v) is 5.22. The van der Waals surface area contributed by atoms with Crippen molar-refractivity contribution in [3.63, 3.8) is 0 Å². The van der Waals surface area contributed by atoms with Crippen LogP contribution in [0.15, 0.2) is 29.6 Å². The molecular weight excluding hydrogens is 439 g/mol. The highest BCUT2D eigenvalue weighted by Crippen LogP contribution is 2.33. The van der Waals surface area contributed by atoms with Gasteiger partial charge in [0.2, 0.25) is 10.0 Å². The van der Waals surface area contributed by atoms with Crippen LogP contribution < -0.4 is 0 Å². The molecule has 6 nitrogen and oxygen atoms in total. The minimum absolute atomic E-state index is 0.0276. The molecule has 1 saturated heterocycles. The number of hydrogen-bond acceptors (Lipinski definition) is 5. The van der Waals surface area contributed by atoms with Gasteiger partial charge >= 0.3 is 6.18 Å². The molecule has 0 aliphatic carbocycles. The Kier molecular flexibility index (Phi) is 6.54. The Morgan fingerprint density at radius 1 is 1.30 bits per heavy atom. The highest BCUT2D eigenvalue weighted by molar-refractivity contribution is 7.89. The second kappa shape index (κ2) is 8.64. The lowest BCUT2D eigenvalue weighted by Crippen LogP contribution is -2.47. The van der Waals surface area contributed by atoms with E-state index in [2.05, 4.69) is 4.98 Å². The second-order valence-electron chi connectivity index (χ2n) is 7.06. The number of thiazole rings is 1. The Hall–Kier alpha value is -1.98. The van der Waals surface area contributed by atoms with Crippen molar-refractivity contribution in [2.45, 2.75) is 32.0 Å². The van der Waals surface area contributed by atoms with Crippen LogP contribution in [0.25, 0.3) is 10.6 Å². The largest absolute Gasteiger partial charge is 0.416 e. The topological polar surface area (TPSA) is 70.6 Å². The second-order valence-corrected chi connectivity index (χ2v) is 10.2. The predicted octanol–water partition coefficient (Wildman–Crippen LogP) is 3.72. The van der Waals surface area contributed by atoms with Crippen LogP contribution in [0.5, 0.6) is 0 Å². The van der Waals surface area contributed by atoms with Gasteiger partial charge in [0, 0.05) is 37.1 Å². The molecule has 0 saturated carbocycles. The average Bonchev–Trinajstić information content (AvgIpc) is 3.22. The molecule has 0 unspecified atom stereocenters. The normalized spacial score (nSPS) is 16.3. The van der Waals surface area contributed by atoms with Crippen LogP contribution in [0.3, 0.4) is 0 Å². The van der Waals surface area contributed by atoms with E-state index in [4.69, 9.17) is 0 Å². The molecule has 0 spiro atoms. The molecule has 1 aromatic heterocycles. The number of amides is 1. The smallest absolute Gasteiger partial charge is 0.337 e. The lowest BCUT2D eigenvalue weighted by molar-refractivity contribution is -0.137. The van der Waals surface area contributed by atoms with Crippen molar-refractivity contribution >= 4 is 27.3 Å². The lowest BCUT2D eigenvalue weighted by Gasteiger charge is -2.35. The van der Waals surface area contributed by atoms with Gasteiger partial charge in [-0.25, -0.2) is 17.7 Å². The van der Waals surface area contributed by atoms with Crippen molar-refractivity contribution < 1.29 is 26.4 Å². The first-order valence-corrected chi connectivity index (χ1v) is 11.9. The minimum atomic E-state index is -4.45. The van der Waals surface area contributed by atoms with Crippen LogP contribution in [-0.2, 0) is 16.2 Å². The van der Waals surface area contributed by atoms with E-state index in [1.165, 1.54) is 21.8 Å². The zero-order valence-corrected chi connectivity index (χ0v) is 18.1. The predicted molar refractivity (Wildman–Crippen MR) is 109 cm³/mol. The van der Waals surface area contributed by atoms with E-state index in [1.807, 2.05) is 0 Å². The van der Waals surface area contributed by atoms with Gasteiger partial charge in [0.05, 0.1) is 11.3 Å². The fraction of sp³-hybridized carbons (Fsp3) is 0.474. The van der Waals surface area contributed by atoms with Crippen LogP contribution in [0.1, 0.15) is 35.8 Å². The Morgan fingerprint density at radius 3 is 2.57 bits per heavy atom. The van der Waals surface area contributed by atoms with Gasteiger partial charge in [-0.1, -0.05) is 12.1 Å². The SMILES string of the molecule is CCS(=O)(=O)N(C)C1CCN(C(=O)c2csc(-c3cccc(C(F)(F)F)c3)n2)CC1. The van der Waals surface area contributed by atoms with Crippen molar-refractivity contribution in [3.05, 3.63) is 40.9 Å². The van der Waals surface area contributed by atoms with E-state index in [-0.39, 0.29) is 23.4 Å². The van der Waals surface area contributed by atoms with E-state index in [0.717, 1.165) is 23.5 Å². The fourth-order valence-electron chi connectivity index (χ4n) is 3.36. The van der Waals surface area contributed by atoms with Gasteiger partial charge in [-0.05, 0) is 31.9 Å². The number of rotatable bonds is 5. The van der Waals surface area contributed by atoms with E-state index in [1.54, 1.807) is 18.9 Å². The summed E-state index contributed by atoms with van der Waals surface area (Å²) in [6, 6.07) is 4.69. The summed E-state index contributed by atoms with van der Waals surface area (Å²) < 4.78 is 64.2. The van der Waals surface area contributed by atoms with E-state index in [0.29, 0.717) is 36.5 Å². The third-order valence-corrected chi connectivity index (χ3v) is 8.03. The number of benzene rings is 1. The van der Waals surface area contributed by atoms with Crippen LogP contribution in [-0.4, -0.2) is 60.4 Å². The van der Waals surface area contributed by atoms with Crippen molar-refractivity contribution in [2.24, 2.45) is 0 Å². The highest BCUT2D eigenvalue weighted by atomic mass is 32.2. The summed E-state index contributed by atoms with van der Waals surface area (Å²) in [5.74, 6) is -0.274. The number of likely N-dealkylation sites (tertiary alicyclic amines) is 1. The quantitative estimate of drug-likeness (QED) is 0.681. The molecule has 11 heteroatoms. The summed E-state index contributed by atoms with van der Waals surface area (Å²) in [7, 11) is -1.73. The molecule has 164 valence electrons. The number of carbonyl (C=O) groups is 1. The van der Waals surface area contributed by atoms with Crippen molar-refractivity contribution in [1.82, 2.24) is 14.2 Å². The summed E-state index contributed by atoms with van der Waals surface area (Å²) in [4.78, 5) is 18.6. The number of halogens is 3. The van der Waals surface area contributed by atoms with Gasteiger partial charge in [0.25, 0.3) is 5.91 Å². The summed E-state index contributed by atoms with van der Waals surface area (Å²) in [6.45, 7) is 2.38. The molecule has 0 bridgehead atoms. The van der Waals surface area contributed by atoms with Crippen molar-refractivity contribution in [1.29, 1.82) is 0 Å². The molecule has 2 aromatic rings. The molecular formula is C19H22F3N3O3S2. The number of hydrogen-bond donors (Lipinski definition) is 0. The Bertz CT molecular complexity index is 1010. The first kappa shape index (κ1) is 22.7. The number of aromatic nitrogens is 1. The maximum Gasteiger partial charge on any atom is 0.416 e. The molecule has 3 rings (SSSR count). The van der Waals surface area contributed by atoms with Gasteiger partial charge in [0.15, 0.2) is 0 Å². The van der Waals surface area contributed by atoms with E-state index in [9.17, 15) is 26.4 Å². The molecule has 0 atom stereocenters. The molecule has 0 radical (unpaired) electrons. The minimum Gasteiger partial charge on any atom is -0.337 e. The number of alkyl halides is 3. The number of nitrogens with zero attached hydrogens (tertiary/aromatic N) is 3. The molecule has 30 heavy (non-hydrogen) atoms. The lowest BCUT2D eigenvalue weighted by atomic mass is 10.1. The van der Waals surface area contributed by atoms with E-state index < -0.39 is 21.8 Å². The number of piperidine rings is 1. The van der Waals surface area contributed by atoms with Gasteiger partial charge in [-0.15, -0.1) is 11.3 Å². The standard InChI is InChI=1S/C19H22F3N3O3S2/c1-3-30(27,28)24(2)15-7-9-25(10-8-15)18(26)16-12-29-17(23-16)13-5-4-6-14(11-13)19(20,21)22/h4-6,11-12,15H,3,7-10H2,1-2H3. The highest BCUT2D eigenvalue weighted by Gasteiger charge is 2.32. The molecule has 1 aromatic carbocycles. The number of sulfonamides is 1. The van der Waals surface area contributed by atoms with Crippen LogP contribution in [0.2, 0.25) is 0 Å². The van der Waals surface area contributed by atoms with Crippen molar-refractivity contribution in [3.8, 4) is 10.6 Å². The van der Waals surface area contributed by atoms with Crippen LogP contribution in [0, 0.1) is 0 Å².